The molecule has 2 aromatic carbocycles. The normalized spacial score (nSPS) is 20.5. The molecule has 0 spiro atoms. The van der Waals surface area contributed by atoms with Crippen LogP contribution >= 0.6 is 0 Å². The fraction of sp³-hybridized carbons (Fsp3) is 0.222. The molecule has 1 atom stereocenters. The first-order valence-corrected chi connectivity index (χ1v) is 7.19. The molecule has 0 bridgehead atoms. The van der Waals surface area contributed by atoms with Gasteiger partial charge in [-0.2, -0.15) is 0 Å². The van der Waals surface area contributed by atoms with Gasteiger partial charge in [0.1, 0.15) is 11.3 Å². The van der Waals surface area contributed by atoms with E-state index in [1.807, 2.05) is 38.1 Å². The van der Waals surface area contributed by atoms with E-state index in [9.17, 15) is 0 Å². The lowest BCUT2D eigenvalue weighted by molar-refractivity contribution is 0.415. The standard InChI is InChI=1S/C18H19N3O/c1-12-18(2,21-17(19)20-12)15-8-4-6-13(10-15)14-7-5-9-16(11-14)22-3/h4-11H,1-3H3,(H2,19,21). The Hall–Kier alpha value is -2.62. The van der Waals surface area contributed by atoms with Crippen LogP contribution in [0.1, 0.15) is 19.4 Å². The van der Waals surface area contributed by atoms with Gasteiger partial charge in [-0.25, -0.2) is 9.98 Å². The molecule has 22 heavy (non-hydrogen) atoms. The van der Waals surface area contributed by atoms with Gasteiger partial charge in [-0.1, -0.05) is 30.3 Å². The van der Waals surface area contributed by atoms with Crippen LogP contribution in [-0.4, -0.2) is 18.8 Å². The van der Waals surface area contributed by atoms with Crippen LogP contribution in [0.2, 0.25) is 0 Å². The Balaban J connectivity index is 2.05. The van der Waals surface area contributed by atoms with E-state index in [-0.39, 0.29) is 0 Å². The Kier molecular flexibility index (Phi) is 3.45. The lowest BCUT2D eigenvalue weighted by atomic mass is 9.87. The Morgan fingerprint density at radius 2 is 1.73 bits per heavy atom. The average molecular weight is 293 g/mol. The molecular formula is C18H19N3O. The van der Waals surface area contributed by atoms with Crippen molar-refractivity contribution in [2.75, 3.05) is 7.11 Å². The zero-order chi connectivity index (χ0) is 15.7. The molecule has 0 amide bonds. The molecule has 1 aliphatic rings. The Morgan fingerprint density at radius 1 is 1.05 bits per heavy atom. The molecule has 112 valence electrons. The largest absolute Gasteiger partial charge is 0.497 e. The Labute approximate surface area is 130 Å². The van der Waals surface area contributed by atoms with Crippen LogP contribution in [-0.2, 0) is 5.54 Å². The molecule has 1 heterocycles. The topological polar surface area (TPSA) is 60.0 Å². The minimum atomic E-state index is -0.487. The van der Waals surface area contributed by atoms with Crippen molar-refractivity contribution in [2.24, 2.45) is 15.7 Å². The first kappa shape index (κ1) is 14.3. The lowest BCUT2D eigenvalue weighted by Crippen LogP contribution is -2.25. The number of guanidine groups is 1. The third-order valence-corrected chi connectivity index (χ3v) is 4.15. The van der Waals surface area contributed by atoms with Gasteiger partial charge in [-0.3, -0.25) is 0 Å². The SMILES string of the molecule is COc1cccc(-c2cccc(C3(C)N=C(N)N=C3C)c2)c1. The molecule has 0 saturated carbocycles. The highest BCUT2D eigenvalue weighted by Crippen LogP contribution is 2.33. The predicted octanol–water partition coefficient (Wildman–Crippen LogP) is 3.37. The smallest absolute Gasteiger partial charge is 0.216 e. The van der Waals surface area contributed by atoms with E-state index in [1.54, 1.807) is 7.11 Å². The van der Waals surface area contributed by atoms with Crippen LogP contribution < -0.4 is 10.5 Å². The summed E-state index contributed by atoms with van der Waals surface area (Å²) in [6, 6.07) is 16.3. The fourth-order valence-electron chi connectivity index (χ4n) is 2.69. The van der Waals surface area contributed by atoms with E-state index < -0.39 is 5.54 Å². The third kappa shape index (κ3) is 2.37. The summed E-state index contributed by atoms with van der Waals surface area (Å²) < 4.78 is 5.30. The number of nitrogens with zero attached hydrogens (tertiary/aromatic N) is 2. The zero-order valence-electron chi connectivity index (χ0n) is 13.0. The van der Waals surface area contributed by atoms with Gasteiger partial charge in [0.25, 0.3) is 0 Å². The van der Waals surface area contributed by atoms with Gasteiger partial charge in [-0.15, -0.1) is 0 Å². The average Bonchev–Trinajstić information content (AvgIpc) is 2.81. The highest BCUT2D eigenvalue weighted by atomic mass is 16.5. The second-order valence-corrected chi connectivity index (χ2v) is 5.55. The fourth-order valence-corrected chi connectivity index (χ4v) is 2.69. The Bertz CT molecular complexity index is 779. The minimum Gasteiger partial charge on any atom is -0.497 e. The number of rotatable bonds is 3. The third-order valence-electron chi connectivity index (χ3n) is 4.15. The molecular weight excluding hydrogens is 274 g/mol. The molecule has 4 heteroatoms. The summed E-state index contributed by atoms with van der Waals surface area (Å²) in [7, 11) is 1.67. The van der Waals surface area contributed by atoms with E-state index in [2.05, 4.69) is 34.3 Å². The van der Waals surface area contributed by atoms with E-state index in [1.165, 1.54) is 0 Å². The maximum Gasteiger partial charge on any atom is 0.216 e. The van der Waals surface area contributed by atoms with E-state index in [0.717, 1.165) is 28.2 Å². The highest BCUT2D eigenvalue weighted by Gasteiger charge is 2.34. The van der Waals surface area contributed by atoms with Crippen molar-refractivity contribution in [3.63, 3.8) is 0 Å². The number of hydrogen-bond acceptors (Lipinski definition) is 4. The van der Waals surface area contributed by atoms with Crippen molar-refractivity contribution < 1.29 is 4.74 Å². The lowest BCUT2D eigenvalue weighted by Gasteiger charge is -2.22. The van der Waals surface area contributed by atoms with Crippen LogP contribution in [0.25, 0.3) is 11.1 Å². The van der Waals surface area contributed by atoms with Crippen molar-refractivity contribution in [1.29, 1.82) is 0 Å². The number of nitrogens with two attached hydrogens (primary N) is 1. The molecule has 3 rings (SSSR count). The first-order valence-electron chi connectivity index (χ1n) is 7.19. The molecule has 1 unspecified atom stereocenters. The van der Waals surface area contributed by atoms with Gasteiger partial charge in [0.05, 0.1) is 12.8 Å². The number of benzene rings is 2. The quantitative estimate of drug-likeness (QED) is 0.943. The maximum atomic E-state index is 5.77. The van der Waals surface area contributed by atoms with Crippen LogP contribution in [0.3, 0.4) is 0 Å². The van der Waals surface area contributed by atoms with Crippen LogP contribution in [0, 0.1) is 0 Å². The molecule has 0 radical (unpaired) electrons. The van der Waals surface area contributed by atoms with Crippen molar-refractivity contribution in [2.45, 2.75) is 19.4 Å². The molecule has 2 aromatic rings. The summed E-state index contributed by atoms with van der Waals surface area (Å²) in [6.45, 7) is 4.00. The summed E-state index contributed by atoms with van der Waals surface area (Å²) >= 11 is 0. The van der Waals surface area contributed by atoms with Crippen molar-refractivity contribution >= 4 is 11.7 Å². The van der Waals surface area contributed by atoms with Crippen molar-refractivity contribution in [1.82, 2.24) is 0 Å². The van der Waals surface area contributed by atoms with Crippen LogP contribution in [0.15, 0.2) is 58.5 Å². The summed E-state index contributed by atoms with van der Waals surface area (Å²) in [4.78, 5) is 8.78. The molecule has 0 fully saturated rings. The summed E-state index contributed by atoms with van der Waals surface area (Å²) in [5.41, 5.74) is 9.49. The van der Waals surface area contributed by atoms with E-state index >= 15 is 0 Å². The molecule has 0 saturated heterocycles. The molecule has 1 aliphatic heterocycles. The maximum absolute atomic E-state index is 5.77. The van der Waals surface area contributed by atoms with E-state index in [0.29, 0.717) is 5.96 Å². The summed E-state index contributed by atoms with van der Waals surface area (Å²) in [6.07, 6.45) is 0. The number of ether oxygens (including phenoxy) is 1. The zero-order valence-corrected chi connectivity index (χ0v) is 13.0. The molecule has 4 nitrogen and oxygen atoms in total. The first-order chi connectivity index (χ1) is 10.5. The molecule has 0 aromatic heterocycles. The number of methoxy groups -OCH3 is 1. The second kappa shape index (κ2) is 5.30. The predicted molar refractivity (Wildman–Crippen MR) is 90.5 cm³/mol. The summed E-state index contributed by atoms with van der Waals surface area (Å²) in [5, 5.41) is 0. The van der Waals surface area contributed by atoms with Crippen LogP contribution in [0.5, 0.6) is 5.75 Å². The second-order valence-electron chi connectivity index (χ2n) is 5.55. The summed E-state index contributed by atoms with van der Waals surface area (Å²) in [5.74, 6) is 1.18. The van der Waals surface area contributed by atoms with Gasteiger partial charge in [0, 0.05) is 0 Å². The van der Waals surface area contributed by atoms with Crippen LogP contribution in [0.4, 0.5) is 0 Å². The minimum absolute atomic E-state index is 0.340. The van der Waals surface area contributed by atoms with Gasteiger partial charge < -0.3 is 10.5 Å². The van der Waals surface area contributed by atoms with Gasteiger partial charge in [-0.05, 0) is 48.7 Å². The van der Waals surface area contributed by atoms with Gasteiger partial charge in [0.2, 0.25) is 5.96 Å². The molecule has 0 aliphatic carbocycles. The van der Waals surface area contributed by atoms with Crippen molar-refractivity contribution in [3.8, 4) is 16.9 Å². The number of aliphatic imine (C=N–C) groups is 2. The highest BCUT2D eigenvalue weighted by molar-refractivity contribution is 6.06. The molecule has 2 N–H and O–H groups in total. The van der Waals surface area contributed by atoms with Gasteiger partial charge in [0.15, 0.2) is 0 Å². The Morgan fingerprint density at radius 3 is 2.36 bits per heavy atom. The van der Waals surface area contributed by atoms with Crippen molar-refractivity contribution in [3.05, 3.63) is 54.1 Å². The van der Waals surface area contributed by atoms with E-state index in [4.69, 9.17) is 10.5 Å². The number of hydrogen-bond donors (Lipinski definition) is 1. The van der Waals surface area contributed by atoms with Gasteiger partial charge >= 0.3 is 0 Å². The monoisotopic (exact) mass is 293 g/mol.